The Kier molecular flexibility index (Phi) is 2.39. The van der Waals surface area contributed by atoms with Crippen LogP contribution in [0.3, 0.4) is 0 Å². The molecular formula is C19H22N+. The maximum atomic E-state index is 2.60. The predicted octanol–water partition coefficient (Wildman–Crippen LogP) is 4.18. The van der Waals surface area contributed by atoms with Crippen molar-refractivity contribution in [1.29, 1.82) is 0 Å². The van der Waals surface area contributed by atoms with Gasteiger partial charge < -0.3 is 0 Å². The first-order valence-corrected chi connectivity index (χ1v) is 7.89. The van der Waals surface area contributed by atoms with Gasteiger partial charge in [0.2, 0.25) is 5.69 Å². The zero-order valence-electron chi connectivity index (χ0n) is 12.6. The normalized spacial score (nSPS) is 20.9. The smallest absolute Gasteiger partial charge is 0.192 e. The van der Waals surface area contributed by atoms with Crippen molar-refractivity contribution in [2.24, 2.45) is 0 Å². The van der Waals surface area contributed by atoms with Crippen LogP contribution in [0.5, 0.6) is 0 Å². The van der Waals surface area contributed by atoms with Crippen molar-refractivity contribution < 1.29 is 4.57 Å². The Morgan fingerprint density at radius 2 is 1.85 bits per heavy atom. The molecule has 102 valence electrons. The molecule has 1 nitrogen and oxygen atoms in total. The second-order valence-electron chi connectivity index (χ2n) is 6.34. The Morgan fingerprint density at radius 3 is 2.60 bits per heavy atom. The Bertz CT molecular complexity index is 695. The van der Waals surface area contributed by atoms with Crippen LogP contribution in [0.2, 0.25) is 0 Å². The fourth-order valence-corrected chi connectivity index (χ4v) is 4.67. The topological polar surface area (TPSA) is 3.88 Å². The SMILES string of the molecule is CCC1(CC)C(C)c2cccc3c2-c2c(ccc[n+]21)C3. The van der Waals surface area contributed by atoms with Crippen molar-refractivity contribution in [1.82, 2.24) is 0 Å². The van der Waals surface area contributed by atoms with E-state index in [0.717, 1.165) is 6.42 Å². The molecular weight excluding hydrogens is 242 g/mol. The third-order valence-corrected chi connectivity index (χ3v) is 5.86. The molecule has 2 heterocycles. The zero-order valence-corrected chi connectivity index (χ0v) is 12.6. The van der Waals surface area contributed by atoms with E-state index in [1.807, 2.05) is 0 Å². The van der Waals surface area contributed by atoms with Crippen molar-refractivity contribution in [2.75, 3.05) is 0 Å². The molecule has 0 spiro atoms. The minimum Gasteiger partial charge on any atom is -0.192 e. The quantitative estimate of drug-likeness (QED) is 0.611. The maximum absolute atomic E-state index is 2.60. The number of hydrogen-bond acceptors (Lipinski definition) is 0. The number of aromatic nitrogens is 1. The van der Waals surface area contributed by atoms with Crippen LogP contribution >= 0.6 is 0 Å². The first kappa shape index (κ1) is 12.1. The van der Waals surface area contributed by atoms with E-state index in [1.54, 1.807) is 5.56 Å². The second-order valence-corrected chi connectivity index (χ2v) is 6.34. The number of nitrogens with zero attached hydrogens (tertiary/aromatic N) is 1. The van der Waals surface area contributed by atoms with Crippen LogP contribution in [0, 0.1) is 0 Å². The molecule has 2 aliphatic rings. The van der Waals surface area contributed by atoms with Gasteiger partial charge in [0.05, 0.1) is 5.56 Å². The van der Waals surface area contributed by atoms with E-state index in [2.05, 4.69) is 61.9 Å². The summed E-state index contributed by atoms with van der Waals surface area (Å²) >= 11 is 0. The van der Waals surface area contributed by atoms with Gasteiger partial charge in [0.1, 0.15) is 0 Å². The molecule has 4 rings (SSSR count). The van der Waals surface area contributed by atoms with Gasteiger partial charge in [0.25, 0.3) is 0 Å². The molecule has 1 aliphatic carbocycles. The minimum atomic E-state index is 0.237. The van der Waals surface area contributed by atoms with Crippen LogP contribution in [-0.4, -0.2) is 0 Å². The van der Waals surface area contributed by atoms with Crippen LogP contribution in [0.25, 0.3) is 11.3 Å². The van der Waals surface area contributed by atoms with Crippen molar-refractivity contribution in [3.05, 3.63) is 53.2 Å². The largest absolute Gasteiger partial charge is 0.217 e. The summed E-state index contributed by atoms with van der Waals surface area (Å²) in [5, 5.41) is 0. The van der Waals surface area contributed by atoms with Gasteiger partial charge in [-0.3, -0.25) is 0 Å². The molecule has 0 bridgehead atoms. The summed E-state index contributed by atoms with van der Waals surface area (Å²) in [5.41, 5.74) is 7.86. The lowest BCUT2D eigenvalue weighted by molar-refractivity contribution is -0.762. The molecule has 0 saturated carbocycles. The van der Waals surface area contributed by atoms with Crippen molar-refractivity contribution >= 4 is 0 Å². The standard InChI is InChI=1S/C19H22N/c1-4-19(5-2)13(3)16-10-6-8-14-12-15-9-7-11-20(19)18(15)17(14)16/h6-11,13H,4-5,12H2,1-3H3/q+1. The maximum Gasteiger partial charge on any atom is 0.217 e. The molecule has 0 N–H and O–H groups in total. The Hall–Kier alpha value is -1.63. The summed E-state index contributed by atoms with van der Waals surface area (Å²) in [7, 11) is 0. The van der Waals surface area contributed by atoms with Crippen LogP contribution in [0.15, 0.2) is 36.5 Å². The Labute approximate surface area is 121 Å². The summed E-state index contributed by atoms with van der Waals surface area (Å²) in [6, 6.07) is 11.5. The molecule has 0 radical (unpaired) electrons. The van der Waals surface area contributed by atoms with Gasteiger partial charge >= 0.3 is 0 Å². The first-order valence-electron chi connectivity index (χ1n) is 7.89. The van der Waals surface area contributed by atoms with Crippen LogP contribution in [0.1, 0.15) is 56.2 Å². The van der Waals surface area contributed by atoms with Gasteiger partial charge in [-0.1, -0.05) is 39.0 Å². The second kappa shape index (κ2) is 3.94. The summed E-state index contributed by atoms with van der Waals surface area (Å²) in [4.78, 5) is 0. The molecule has 20 heavy (non-hydrogen) atoms. The van der Waals surface area contributed by atoms with Gasteiger partial charge in [-0.05, 0) is 17.2 Å². The number of benzene rings is 1. The molecule has 0 amide bonds. The predicted molar refractivity (Wildman–Crippen MR) is 81.9 cm³/mol. The molecule has 2 aromatic rings. The van der Waals surface area contributed by atoms with Crippen molar-refractivity contribution in [3.63, 3.8) is 0 Å². The monoisotopic (exact) mass is 264 g/mol. The zero-order chi connectivity index (χ0) is 13.9. The number of rotatable bonds is 2. The number of hydrogen-bond donors (Lipinski definition) is 0. The van der Waals surface area contributed by atoms with Gasteiger partial charge in [-0.25, -0.2) is 0 Å². The van der Waals surface area contributed by atoms with E-state index in [4.69, 9.17) is 0 Å². The highest BCUT2D eigenvalue weighted by Crippen LogP contribution is 2.49. The van der Waals surface area contributed by atoms with E-state index in [1.165, 1.54) is 35.2 Å². The van der Waals surface area contributed by atoms with Crippen molar-refractivity contribution in [3.8, 4) is 11.3 Å². The fourth-order valence-electron chi connectivity index (χ4n) is 4.67. The Balaban J connectivity index is 2.14. The van der Waals surface area contributed by atoms with Crippen LogP contribution in [0.4, 0.5) is 0 Å². The van der Waals surface area contributed by atoms with E-state index in [9.17, 15) is 0 Å². The molecule has 1 heteroatoms. The first-order chi connectivity index (χ1) is 9.73. The van der Waals surface area contributed by atoms with E-state index < -0.39 is 0 Å². The molecule has 0 fully saturated rings. The average molecular weight is 264 g/mol. The van der Waals surface area contributed by atoms with Gasteiger partial charge in [0, 0.05) is 36.8 Å². The van der Waals surface area contributed by atoms with E-state index >= 15 is 0 Å². The third-order valence-electron chi connectivity index (χ3n) is 5.86. The molecule has 1 atom stereocenters. The van der Waals surface area contributed by atoms with Crippen LogP contribution < -0.4 is 4.57 Å². The van der Waals surface area contributed by atoms with E-state index in [-0.39, 0.29) is 5.54 Å². The highest BCUT2D eigenvalue weighted by atomic mass is 15.1. The van der Waals surface area contributed by atoms with Crippen molar-refractivity contribution in [2.45, 2.75) is 51.5 Å². The van der Waals surface area contributed by atoms with E-state index in [0.29, 0.717) is 5.92 Å². The van der Waals surface area contributed by atoms with Gasteiger partial charge in [0.15, 0.2) is 11.7 Å². The summed E-state index contributed by atoms with van der Waals surface area (Å²) in [5.74, 6) is 0.582. The van der Waals surface area contributed by atoms with Crippen LogP contribution in [-0.2, 0) is 12.0 Å². The number of pyridine rings is 1. The summed E-state index contributed by atoms with van der Waals surface area (Å²) < 4.78 is 2.60. The molecule has 1 aromatic heterocycles. The molecule has 1 aliphatic heterocycles. The highest BCUT2D eigenvalue weighted by molar-refractivity contribution is 5.76. The third kappa shape index (κ3) is 1.22. The lowest BCUT2D eigenvalue weighted by Crippen LogP contribution is -2.61. The summed E-state index contributed by atoms with van der Waals surface area (Å²) in [6.07, 6.45) is 5.80. The fraction of sp³-hybridized carbons (Fsp3) is 0.421. The summed E-state index contributed by atoms with van der Waals surface area (Å²) in [6.45, 7) is 7.11. The molecule has 1 aromatic carbocycles. The average Bonchev–Trinajstić information content (AvgIpc) is 2.87. The minimum absolute atomic E-state index is 0.237. The molecule has 1 unspecified atom stereocenters. The molecule has 0 saturated heterocycles. The van der Waals surface area contributed by atoms with Gasteiger partial charge in [-0.2, -0.15) is 4.57 Å². The lowest BCUT2D eigenvalue weighted by atomic mass is 9.71. The lowest BCUT2D eigenvalue weighted by Gasteiger charge is -2.38. The highest BCUT2D eigenvalue weighted by Gasteiger charge is 2.51. The van der Waals surface area contributed by atoms with Gasteiger partial charge in [-0.15, -0.1) is 0 Å². The Morgan fingerprint density at radius 1 is 1.10 bits per heavy atom.